The zero-order valence-electron chi connectivity index (χ0n) is 11.7. The Labute approximate surface area is 122 Å². The van der Waals surface area contributed by atoms with Crippen LogP contribution in [0.2, 0.25) is 0 Å². The molecule has 1 nitrogen and oxygen atoms in total. The molecule has 0 spiro atoms. The minimum atomic E-state index is -0.176. The van der Waals surface area contributed by atoms with Gasteiger partial charge < -0.3 is 4.98 Å². The SMILES string of the molecule is Cc1cccc2c(-c3ccc4cccc(F)c4c3)c[nH]c12. The molecule has 0 saturated heterocycles. The lowest BCUT2D eigenvalue weighted by Crippen LogP contribution is -1.82. The summed E-state index contributed by atoms with van der Waals surface area (Å²) in [5.74, 6) is -0.176. The third-order valence-corrected chi connectivity index (χ3v) is 4.06. The number of fused-ring (bicyclic) bond motifs is 2. The molecule has 0 saturated carbocycles. The summed E-state index contributed by atoms with van der Waals surface area (Å²) in [4.78, 5) is 3.32. The highest BCUT2D eigenvalue weighted by atomic mass is 19.1. The predicted octanol–water partition coefficient (Wildman–Crippen LogP) is 5.44. The van der Waals surface area contributed by atoms with Crippen LogP contribution in [0.1, 0.15) is 5.56 Å². The van der Waals surface area contributed by atoms with Crippen molar-refractivity contribution in [2.75, 3.05) is 0 Å². The van der Waals surface area contributed by atoms with Crippen molar-refractivity contribution in [3.8, 4) is 11.1 Å². The molecular formula is C19H14FN. The molecule has 0 atom stereocenters. The Morgan fingerprint density at radius 3 is 2.67 bits per heavy atom. The number of hydrogen-bond donors (Lipinski definition) is 1. The highest BCUT2D eigenvalue weighted by Gasteiger charge is 2.09. The molecule has 1 N–H and O–H groups in total. The second-order valence-corrected chi connectivity index (χ2v) is 5.38. The molecule has 21 heavy (non-hydrogen) atoms. The van der Waals surface area contributed by atoms with Crippen LogP contribution in [-0.4, -0.2) is 4.98 Å². The summed E-state index contributed by atoms with van der Waals surface area (Å²) < 4.78 is 14.0. The number of nitrogens with one attached hydrogen (secondary N) is 1. The van der Waals surface area contributed by atoms with Gasteiger partial charge in [0.15, 0.2) is 0 Å². The van der Waals surface area contributed by atoms with Gasteiger partial charge in [-0.1, -0.05) is 42.5 Å². The lowest BCUT2D eigenvalue weighted by Gasteiger charge is -2.04. The van der Waals surface area contributed by atoms with Gasteiger partial charge >= 0.3 is 0 Å². The summed E-state index contributed by atoms with van der Waals surface area (Å²) in [5.41, 5.74) is 4.50. The predicted molar refractivity (Wildman–Crippen MR) is 85.9 cm³/mol. The standard InChI is InChI=1S/C19H14FN/c1-12-4-2-6-15-17(11-21-19(12)15)14-9-8-13-5-3-7-18(20)16(13)10-14/h2-11,21H,1H3. The molecule has 0 aliphatic carbocycles. The lowest BCUT2D eigenvalue weighted by atomic mass is 10.00. The van der Waals surface area contributed by atoms with E-state index in [1.807, 2.05) is 30.5 Å². The third-order valence-electron chi connectivity index (χ3n) is 4.06. The maximum absolute atomic E-state index is 14.0. The Morgan fingerprint density at radius 1 is 0.905 bits per heavy atom. The number of H-pyrrole nitrogens is 1. The number of halogens is 1. The van der Waals surface area contributed by atoms with Gasteiger partial charge in [-0.15, -0.1) is 0 Å². The molecule has 4 rings (SSSR count). The van der Waals surface area contributed by atoms with Crippen molar-refractivity contribution in [3.63, 3.8) is 0 Å². The van der Waals surface area contributed by atoms with Crippen molar-refractivity contribution in [3.05, 3.63) is 72.2 Å². The van der Waals surface area contributed by atoms with Crippen molar-refractivity contribution in [2.24, 2.45) is 0 Å². The smallest absolute Gasteiger partial charge is 0.131 e. The van der Waals surface area contributed by atoms with Crippen LogP contribution in [0.3, 0.4) is 0 Å². The number of aromatic amines is 1. The normalized spacial score (nSPS) is 11.3. The highest BCUT2D eigenvalue weighted by molar-refractivity contribution is 5.99. The van der Waals surface area contributed by atoms with Gasteiger partial charge in [0, 0.05) is 28.0 Å². The van der Waals surface area contributed by atoms with Gasteiger partial charge in [-0.05, 0) is 35.6 Å². The first-order chi connectivity index (χ1) is 10.2. The van der Waals surface area contributed by atoms with Gasteiger partial charge in [0.25, 0.3) is 0 Å². The van der Waals surface area contributed by atoms with Gasteiger partial charge in [0.1, 0.15) is 5.82 Å². The molecule has 0 fully saturated rings. The summed E-state index contributed by atoms with van der Waals surface area (Å²) in [7, 11) is 0. The number of aromatic nitrogens is 1. The largest absolute Gasteiger partial charge is 0.360 e. The van der Waals surface area contributed by atoms with Crippen molar-refractivity contribution in [2.45, 2.75) is 6.92 Å². The van der Waals surface area contributed by atoms with E-state index in [1.165, 1.54) is 17.0 Å². The van der Waals surface area contributed by atoms with Crippen LogP contribution in [0.25, 0.3) is 32.8 Å². The summed E-state index contributed by atoms with van der Waals surface area (Å²) >= 11 is 0. The van der Waals surface area contributed by atoms with Crippen LogP contribution in [0.5, 0.6) is 0 Å². The first-order valence-corrected chi connectivity index (χ1v) is 6.99. The van der Waals surface area contributed by atoms with Gasteiger partial charge in [-0.3, -0.25) is 0 Å². The summed E-state index contributed by atoms with van der Waals surface area (Å²) in [6.07, 6.45) is 2.00. The molecule has 1 aromatic heterocycles. The van der Waals surface area contributed by atoms with Gasteiger partial charge in [-0.2, -0.15) is 0 Å². The molecule has 0 aliphatic rings. The first-order valence-electron chi connectivity index (χ1n) is 6.99. The fourth-order valence-electron chi connectivity index (χ4n) is 2.95. The monoisotopic (exact) mass is 275 g/mol. The van der Waals surface area contributed by atoms with Crippen LogP contribution < -0.4 is 0 Å². The van der Waals surface area contributed by atoms with E-state index in [0.717, 1.165) is 22.0 Å². The minimum absolute atomic E-state index is 0.176. The molecule has 0 aliphatic heterocycles. The first kappa shape index (κ1) is 12.2. The van der Waals surface area contributed by atoms with Gasteiger partial charge in [-0.25, -0.2) is 4.39 Å². The zero-order valence-corrected chi connectivity index (χ0v) is 11.7. The van der Waals surface area contributed by atoms with Crippen LogP contribution in [0.15, 0.2) is 60.8 Å². The Kier molecular flexibility index (Phi) is 2.58. The average molecular weight is 275 g/mol. The molecular weight excluding hydrogens is 261 g/mol. The Bertz CT molecular complexity index is 966. The van der Waals surface area contributed by atoms with E-state index < -0.39 is 0 Å². The minimum Gasteiger partial charge on any atom is -0.360 e. The third kappa shape index (κ3) is 1.83. The van der Waals surface area contributed by atoms with E-state index in [0.29, 0.717) is 5.39 Å². The number of hydrogen-bond acceptors (Lipinski definition) is 0. The Morgan fingerprint density at radius 2 is 1.76 bits per heavy atom. The highest BCUT2D eigenvalue weighted by Crippen LogP contribution is 2.32. The fourth-order valence-corrected chi connectivity index (χ4v) is 2.95. The molecule has 1 heterocycles. The fraction of sp³-hybridized carbons (Fsp3) is 0.0526. The Hall–Kier alpha value is -2.61. The van der Waals surface area contributed by atoms with Crippen LogP contribution in [0, 0.1) is 12.7 Å². The number of para-hydroxylation sites is 1. The van der Waals surface area contributed by atoms with E-state index >= 15 is 0 Å². The van der Waals surface area contributed by atoms with Crippen LogP contribution in [0.4, 0.5) is 4.39 Å². The molecule has 3 aromatic carbocycles. The number of benzene rings is 3. The average Bonchev–Trinajstić information content (AvgIpc) is 2.93. The number of rotatable bonds is 1. The van der Waals surface area contributed by atoms with Crippen molar-refractivity contribution < 1.29 is 4.39 Å². The summed E-state index contributed by atoms with van der Waals surface area (Å²) in [6.45, 7) is 2.09. The number of aryl methyl sites for hydroxylation is 1. The van der Waals surface area contributed by atoms with Crippen LogP contribution >= 0.6 is 0 Å². The van der Waals surface area contributed by atoms with E-state index in [-0.39, 0.29) is 5.82 Å². The van der Waals surface area contributed by atoms with Crippen molar-refractivity contribution in [1.82, 2.24) is 4.98 Å². The van der Waals surface area contributed by atoms with E-state index in [4.69, 9.17) is 0 Å². The maximum Gasteiger partial charge on any atom is 0.131 e. The molecule has 0 amide bonds. The summed E-state index contributed by atoms with van der Waals surface area (Å²) in [6, 6.07) is 17.4. The van der Waals surface area contributed by atoms with E-state index in [9.17, 15) is 4.39 Å². The lowest BCUT2D eigenvalue weighted by molar-refractivity contribution is 0.640. The maximum atomic E-state index is 14.0. The molecule has 0 bridgehead atoms. The second kappa shape index (κ2) is 4.45. The van der Waals surface area contributed by atoms with Gasteiger partial charge in [0.05, 0.1) is 0 Å². The molecule has 2 heteroatoms. The van der Waals surface area contributed by atoms with E-state index in [1.54, 1.807) is 6.07 Å². The molecule has 0 radical (unpaired) electrons. The quantitative estimate of drug-likeness (QED) is 0.476. The van der Waals surface area contributed by atoms with Crippen molar-refractivity contribution >= 4 is 21.7 Å². The summed E-state index contributed by atoms with van der Waals surface area (Å²) in [5, 5.41) is 2.76. The van der Waals surface area contributed by atoms with Gasteiger partial charge in [0.2, 0.25) is 0 Å². The van der Waals surface area contributed by atoms with Crippen molar-refractivity contribution in [1.29, 1.82) is 0 Å². The van der Waals surface area contributed by atoms with Crippen LogP contribution in [-0.2, 0) is 0 Å². The topological polar surface area (TPSA) is 15.8 Å². The molecule has 102 valence electrons. The molecule has 4 aromatic rings. The second-order valence-electron chi connectivity index (χ2n) is 5.38. The zero-order chi connectivity index (χ0) is 14.4. The molecule has 0 unspecified atom stereocenters. The van der Waals surface area contributed by atoms with E-state index in [2.05, 4.69) is 30.1 Å². The Balaban J connectivity index is 2.00.